The number of likely N-dealkylation sites (tertiary alicyclic amines) is 2. The molecule has 1 amide bonds. The molecule has 4 heterocycles. The van der Waals surface area contributed by atoms with Crippen molar-refractivity contribution < 1.29 is 4.79 Å². The number of allylic oxidation sites excluding steroid dienone is 2. The lowest BCUT2D eigenvalue weighted by molar-refractivity contribution is -0.130. The second-order valence-corrected chi connectivity index (χ2v) is 9.99. The fourth-order valence-electron chi connectivity index (χ4n) is 5.96. The summed E-state index contributed by atoms with van der Waals surface area (Å²) in [5.74, 6) is 1.06. The van der Waals surface area contributed by atoms with Crippen molar-refractivity contribution in [2.75, 3.05) is 26.2 Å². The van der Waals surface area contributed by atoms with Gasteiger partial charge >= 0.3 is 0 Å². The molecular weight excluding hydrogens is 398 g/mol. The molecule has 2 aromatic heterocycles. The molecule has 0 N–H and O–H groups in total. The minimum atomic E-state index is 0.279. The molecule has 1 aliphatic carbocycles. The van der Waals surface area contributed by atoms with Gasteiger partial charge in [-0.25, -0.2) is 9.50 Å². The van der Waals surface area contributed by atoms with Crippen LogP contribution in [0, 0.1) is 19.8 Å². The van der Waals surface area contributed by atoms with Crippen LogP contribution in [0.5, 0.6) is 0 Å². The highest BCUT2D eigenvalue weighted by Gasteiger charge is 2.30. The number of hydrogen-bond acceptors (Lipinski definition) is 4. The van der Waals surface area contributed by atoms with E-state index in [0.717, 1.165) is 61.0 Å². The van der Waals surface area contributed by atoms with E-state index in [1.54, 1.807) is 0 Å². The summed E-state index contributed by atoms with van der Waals surface area (Å²) >= 11 is 0. The topological polar surface area (TPSA) is 53.7 Å². The lowest BCUT2D eigenvalue weighted by Crippen LogP contribution is -2.30. The first-order valence-corrected chi connectivity index (χ1v) is 12.6. The predicted octanol–water partition coefficient (Wildman–Crippen LogP) is 4.39. The van der Waals surface area contributed by atoms with Gasteiger partial charge in [-0.3, -0.25) is 9.69 Å². The minimum absolute atomic E-state index is 0.279. The Kier molecular flexibility index (Phi) is 6.31. The van der Waals surface area contributed by atoms with Crippen molar-refractivity contribution in [2.45, 2.75) is 77.7 Å². The van der Waals surface area contributed by atoms with Crippen molar-refractivity contribution in [3.8, 4) is 0 Å². The molecule has 0 radical (unpaired) electrons. The maximum absolute atomic E-state index is 12.6. The third-order valence-corrected chi connectivity index (χ3v) is 7.81. The lowest BCUT2D eigenvalue weighted by Gasteiger charge is -2.28. The zero-order chi connectivity index (χ0) is 22.1. The zero-order valence-corrected chi connectivity index (χ0v) is 19.7. The van der Waals surface area contributed by atoms with Crippen LogP contribution in [0.2, 0.25) is 0 Å². The molecule has 2 fully saturated rings. The summed E-state index contributed by atoms with van der Waals surface area (Å²) in [7, 11) is 0. The van der Waals surface area contributed by atoms with Crippen LogP contribution in [0.4, 0.5) is 0 Å². The first-order chi connectivity index (χ1) is 15.6. The Bertz CT molecular complexity index is 1000. The van der Waals surface area contributed by atoms with Crippen LogP contribution in [0.3, 0.4) is 0 Å². The van der Waals surface area contributed by atoms with Gasteiger partial charge in [0, 0.05) is 43.5 Å². The largest absolute Gasteiger partial charge is 0.343 e. The van der Waals surface area contributed by atoms with E-state index in [2.05, 4.69) is 37.0 Å². The number of nitrogens with zero attached hydrogens (tertiary/aromatic N) is 5. The summed E-state index contributed by atoms with van der Waals surface area (Å²) in [6, 6.07) is 2.60. The quantitative estimate of drug-likeness (QED) is 0.632. The molecule has 2 atom stereocenters. The Morgan fingerprint density at radius 2 is 1.94 bits per heavy atom. The molecule has 2 aromatic rings. The van der Waals surface area contributed by atoms with Crippen LogP contribution in [-0.4, -0.2) is 56.5 Å². The molecule has 6 heteroatoms. The van der Waals surface area contributed by atoms with Crippen molar-refractivity contribution in [3.05, 3.63) is 40.9 Å². The van der Waals surface area contributed by atoms with Crippen molar-refractivity contribution in [3.63, 3.8) is 0 Å². The van der Waals surface area contributed by atoms with Gasteiger partial charge < -0.3 is 4.90 Å². The number of hydrogen-bond donors (Lipinski definition) is 0. The number of amides is 1. The fraction of sp³-hybridized carbons (Fsp3) is 0.654. The Morgan fingerprint density at radius 1 is 1.09 bits per heavy atom. The van der Waals surface area contributed by atoms with E-state index in [-0.39, 0.29) is 5.91 Å². The highest BCUT2D eigenvalue weighted by atomic mass is 16.2. The SMILES string of the molecule is Cc1nc2cc([C@H]3CCCN3C[C@@H]3CC=CCC3)nn2c(C)c1CCC(=O)N1CCCC1. The number of carbonyl (C=O) groups is 1. The van der Waals surface area contributed by atoms with E-state index in [1.165, 1.54) is 50.8 Å². The summed E-state index contributed by atoms with van der Waals surface area (Å²) in [5.41, 5.74) is 5.45. The monoisotopic (exact) mass is 435 g/mol. The zero-order valence-electron chi connectivity index (χ0n) is 19.7. The van der Waals surface area contributed by atoms with Gasteiger partial charge in [0.2, 0.25) is 5.91 Å². The predicted molar refractivity (Wildman–Crippen MR) is 127 cm³/mol. The maximum atomic E-state index is 12.6. The van der Waals surface area contributed by atoms with E-state index in [9.17, 15) is 4.79 Å². The number of aromatic nitrogens is 3. The molecule has 0 bridgehead atoms. The summed E-state index contributed by atoms with van der Waals surface area (Å²) in [4.78, 5) is 22.1. The summed E-state index contributed by atoms with van der Waals surface area (Å²) < 4.78 is 2.03. The van der Waals surface area contributed by atoms with Crippen molar-refractivity contribution in [1.82, 2.24) is 24.4 Å². The van der Waals surface area contributed by atoms with Crippen LogP contribution < -0.4 is 0 Å². The Balaban J connectivity index is 1.33. The molecule has 0 spiro atoms. The van der Waals surface area contributed by atoms with Gasteiger partial charge in [-0.05, 0) is 83.2 Å². The van der Waals surface area contributed by atoms with E-state index in [0.29, 0.717) is 12.5 Å². The van der Waals surface area contributed by atoms with Gasteiger partial charge in [-0.15, -0.1) is 0 Å². The first-order valence-electron chi connectivity index (χ1n) is 12.6. The molecule has 2 aliphatic heterocycles. The number of carbonyl (C=O) groups excluding carboxylic acids is 1. The number of aryl methyl sites for hydroxylation is 2. The molecule has 0 aromatic carbocycles. The fourth-order valence-corrected chi connectivity index (χ4v) is 5.96. The number of fused-ring (bicyclic) bond motifs is 1. The van der Waals surface area contributed by atoms with Crippen LogP contribution in [0.1, 0.15) is 80.1 Å². The normalized spacial score (nSPS) is 24.1. The number of rotatable bonds is 6. The lowest BCUT2D eigenvalue weighted by atomic mass is 9.93. The summed E-state index contributed by atoms with van der Waals surface area (Å²) in [6.07, 6.45) is 14.5. The molecule has 2 saturated heterocycles. The second-order valence-electron chi connectivity index (χ2n) is 9.99. The molecule has 3 aliphatic rings. The highest BCUT2D eigenvalue weighted by Crippen LogP contribution is 2.34. The van der Waals surface area contributed by atoms with Crippen LogP contribution in [0.15, 0.2) is 18.2 Å². The van der Waals surface area contributed by atoms with Gasteiger partial charge in [-0.1, -0.05) is 12.2 Å². The second kappa shape index (κ2) is 9.34. The molecule has 32 heavy (non-hydrogen) atoms. The molecule has 6 nitrogen and oxygen atoms in total. The van der Waals surface area contributed by atoms with Crippen LogP contribution in [0.25, 0.3) is 5.65 Å². The average molecular weight is 436 g/mol. The van der Waals surface area contributed by atoms with Gasteiger partial charge in [0.15, 0.2) is 5.65 Å². The molecule has 0 unspecified atom stereocenters. The first kappa shape index (κ1) is 21.6. The third kappa shape index (κ3) is 4.34. The van der Waals surface area contributed by atoms with Gasteiger partial charge in [0.25, 0.3) is 0 Å². The summed E-state index contributed by atoms with van der Waals surface area (Å²) in [6.45, 7) is 8.41. The smallest absolute Gasteiger partial charge is 0.222 e. The third-order valence-electron chi connectivity index (χ3n) is 7.81. The Hall–Kier alpha value is -2.21. The summed E-state index contributed by atoms with van der Waals surface area (Å²) in [5, 5.41) is 5.05. The molecule has 0 saturated carbocycles. The van der Waals surface area contributed by atoms with Gasteiger partial charge in [-0.2, -0.15) is 5.10 Å². The van der Waals surface area contributed by atoms with Crippen molar-refractivity contribution in [2.24, 2.45) is 5.92 Å². The van der Waals surface area contributed by atoms with E-state index in [4.69, 9.17) is 10.1 Å². The molecular formula is C26H37N5O. The molecule has 5 rings (SSSR count). The standard InChI is InChI=1S/C26H37N5O/c1-19-22(12-13-26(32)29-14-6-7-15-29)20(2)31-25(27-19)17-23(28-31)24-11-8-16-30(24)18-21-9-4-3-5-10-21/h3-4,17,21,24H,5-16,18H2,1-2H3/t21-,24-/m1/s1. The maximum Gasteiger partial charge on any atom is 0.222 e. The minimum Gasteiger partial charge on any atom is -0.343 e. The van der Waals surface area contributed by atoms with E-state index >= 15 is 0 Å². The van der Waals surface area contributed by atoms with Crippen LogP contribution >= 0.6 is 0 Å². The highest BCUT2D eigenvalue weighted by molar-refractivity contribution is 5.76. The Morgan fingerprint density at radius 3 is 2.72 bits per heavy atom. The van der Waals surface area contributed by atoms with Gasteiger partial charge in [0.1, 0.15) is 0 Å². The van der Waals surface area contributed by atoms with Crippen LogP contribution in [-0.2, 0) is 11.2 Å². The average Bonchev–Trinajstić information content (AvgIpc) is 3.55. The molecule has 172 valence electrons. The van der Waals surface area contributed by atoms with Gasteiger partial charge in [0.05, 0.1) is 11.7 Å². The van der Waals surface area contributed by atoms with E-state index < -0.39 is 0 Å². The van der Waals surface area contributed by atoms with E-state index in [1.807, 2.05) is 9.42 Å². The Labute approximate surface area is 191 Å². The van der Waals surface area contributed by atoms with Crippen molar-refractivity contribution in [1.29, 1.82) is 0 Å². The van der Waals surface area contributed by atoms with Crippen molar-refractivity contribution >= 4 is 11.6 Å².